The molecule has 3 rings (SSSR count). The molecule has 0 aromatic heterocycles. The first-order chi connectivity index (χ1) is 15.8. The second kappa shape index (κ2) is 10.5. The molecule has 0 N–H and O–H groups in total. The van der Waals surface area contributed by atoms with E-state index in [2.05, 4.69) is 0 Å². The maximum absolute atomic E-state index is 13.2. The van der Waals surface area contributed by atoms with Crippen molar-refractivity contribution in [3.05, 3.63) is 58.6 Å². The number of carbonyl (C=O) groups is 1. The average molecular weight is 486 g/mol. The summed E-state index contributed by atoms with van der Waals surface area (Å²) in [6, 6.07) is 12.9. The number of piperidine rings is 1. The highest BCUT2D eigenvalue weighted by Gasteiger charge is 2.39. The maximum atomic E-state index is 13.2. The molecule has 1 aliphatic rings. The Hall–Kier alpha value is -3.37. The lowest BCUT2D eigenvalue weighted by Crippen LogP contribution is -2.49. The van der Waals surface area contributed by atoms with Gasteiger partial charge in [-0.1, -0.05) is 17.7 Å². The summed E-state index contributed by atoms with van der Waals surface area (Å²) in [6.45, 7) is 0.191. The summed E-state index contributed by atoms with van der Waals surface area (Å²) in [6.07, 6.45) is 3.00. The number of halogens is 1. The lowest BCUT2D eigenvalue weighted by molar-refractivity contribution is -0.139. The lowest BCUT2D eigenvalue weighted by atomic mass is 10.1. The van der Waals surface area contributed by atoms with Crippen molar-refractivity contribution < 1.29 is 22.7 Å². The lowest BCUT2D eigenvalue weighted by Gasteiger charge is -2.33. The van der Waals surface area contributed by atoms with Crippen LogP contribution in [0.5, 0.6) is 11.5 Å². The fraction of sp³-hybridized carbons (Fsp3) is 0.261. The van der Waals surface area contributed by atoms with Gasteiger partial charge in [0.15, 0.2) is 11.5 Å². The van der Waals surface area contributed by atoms with E-state index < -0.39 is 22.0 Å². The Kier molecular flexibility index (Phi) is 7.72. The van der Waals surface area contributed by atoms with E-state index >= 15 is 0 Å². The monoisotopic (exact) mass is 485 g/mol. The Morgan fingerprint density at radius 1 is 1.12 bits per heavy atom. The van der Waals surface area contributed by atoms with Crippen LogP contribution < -0.4 is 9.47 Å². The number of methoxy groups -OCH3 is 1. The number of ether oxygens (including phenoxy) is 2. The molecule has 2 aromatic rings. The molecule has 0 spiro atoms. The second-order valence-electron chi connectivity index (χ2n) is 7.19. The number of nitriles is 2. The predicted molar refractivity (Wildman–Crippen MR) is 121 cm³/mol. The summed E-state index contributed by atoms with van der Waals surface area (Å²) >= 11 is 5.87. The molecular weight excluding hydrogens is 466 g/mol. The van der Waals surface area contributed by atoms with Crippen molar-refractivity contribution in [3.8, 4) is 23.6 Å². The minimum absolute atomic E-state index is 0.0473. The first-order valence-electron chi connectivity index (χ1n) is 9.99. The standard InChI is InChI=1S/C23H20ClN3O5S/c1-31-22-13-16(12-17(14-25)15-26)5-10-21(22)32-23(28)20-4-2-3-11-27(20)33(29,30)19-8-6-18(24)7-9-19/h5-10,12-13,20H,2-4,11H2,1H3. The van der Waals surface area contributed by atoms with Crippen molar-refractivity contribution in [1.82, 2.24) is 4.31 Å². The van der Waals surface area contributed by atoms with Gasteiger partial charge in [-0.2, -0.15) is 14.8 Å². The van der Waals surface area contributed by atoms with Gasteiger partial charge in [0, 0.05) is 11.6 Å². The fourth-order valence-corrected chi connectivity index (χ4v) is 5.23. The van der Waals surface area contributed by atoms with Crippen molar-refractivity contribution in [2.24, 2.45) is 0 Å². The van der Waals surface area contributed by atoms with Gasteiger partial charge in [-0.3, -0.25) is 0 Å². The Morgan fingerprint density at radius 3 is 2.45 bits per heavy atom. The van der Waals surface area contributed by atoms with E-state index in [-0.39, 0.29) is 28.5 Å². The smallest absolute Gasteiger partial charge is 0.329 e. The van der Waals surface area contributed by atoms with Crippen molar-refractivity contribution in [3.63, 3.8) is 0 Å². The van der Waals surface area contributed by atoms with E-state index in [4.69, 9.17) is 31.6 Å². The van der Waals surface area contributed by atoms with Crippen LogP contribution in [0.1, 0.15) is 24.8 Å². The zero-order valence-electron chi connectivity index (χ0n) is 17.7. The van der Waals surface area contributed by atoms with Gasteiger partial charge in [-0.05, 0) is 67.3 Å². The third-order valence-corrected chi connectivity index (χ3v) is 7.27. The van der Waals surface area contributed by atoms with Crippen LogP contribution in [0.2, 0.25) is 5.02 Å². The molecule has 1 aliphatic heterocycles. The highest BCUT2D eigenvalue weighted by atomic mass is 35.5. The molecule has 33 heavy (non-hydrogen) atoms. The summed E-state index contributed by atoms with van der Waals surface area (Å²) in [4.78, 5) is 13.1. The molecule has 1 heterocycles. The molecule has 8 nitrogen and oxygen atoms in total. The third kappa shape index (κ3) is 5.52. The maximum Gasteiger partial charge on any atom is 0.329 e. The number of hydrogen-bond acceptors (Lipinski definition) is 7. The van der Waals surface area contributed by atoms with Crippen LogP contribution >= 0.6 is 11.6 Å². The summed E-state index contributed by atoms with van der Waals surface area (Å²) in [7, 11) is -2.55. The Labute approximate surface area is 197 Å². The van der Waals surface area contributed by atoms with Crippen LogP contribution in [-0.2, 0) is 14.8 Å². The molecule has 0 aliphatic carbocycles. The molecule has 1 unspecified atom stereocenters. The van der Waals surface area contributed by atoms with E-state index in [1.165, 1.54) is 49.6 Å². The third-order valence-electron chi connectivity index (χ3n) is 5.10. The molecule has 2 aromatic carbocycles. The number of nitrogens with zero attached hydrogens (tertiary/aromatic N) is 3. The van der Waals surface area contributed by atoms with Crippen LogP contribution in [-0.4, -0.2) is 38.4 Å². The van der Waals surface area contributed by atoms with E-state index in [0.717, 1.165) is 4.31 Å². The molecular formula is C23H20ClN3O5S. The number of esters is 1. The van der Waals surface area contributed by atoms with Crippen LogP contribution in [0, 0.1) is 22.7 Å². The number of rotatable bonds is 6. The van der Waals surface area contributed by atoms with Crippen molar-refractivity contribution >= 4 is 33.7 Å². The van der Waals surface area contributed by atoms with Crippen LogP contribution in [0.25, 0.3) is 6.08 Å². The number of allylic oxidation sites excluding steroid dienone is 1. The first kappa shape index (κ1) is 24.3. The topological polar surface area (TPSA) is 120 Å². The van der Waals surface area contributed by atoms with Crippen molar-refractivity contribution in [2.45, 2.75) is 30.2 Å². The first-order valence-corrected chi connectivity index (χ1v) is 11.8. The van der Waals surface area contributed by atoms with Gasteiger partial charge in [-0.15, -0.1) is 0 Å². The molecule has 1 atom stereocenters. The Balaban J connectivity index is 1.86. The Morgan fingerprint density at radius 2 is 1.82 bits per heavy atom. The molecule has 0 radical (unpaired) electrons. The number of benzene rings is 2. The summed E-state index contributed by atoms with van der Waals surface area (Å²) in [5.74, 6) is -0.414. The zero-order valence-corrected chi connectivity index (χ0v) is 19.3. The van der Waals surface area contributed by atoms with Crippen LogP contribution in [0.3, 0.4) is 0 Å². The van der Waals surface area contributed by atoms with Gasteiger partial charge in [0.05, 0.1) is 12.0 Å². The van der Waals surface area contributed by atoms with E-state index in [1.54, 1.807) is 18.2 Å². The normalized spacial score (nSPS) is 16.2. The second-order valence-corrected chi connectivity index (χ2v) is 9.52. The van der Waals surface area contributed by atoms with Crippen LogP contribution in [0.15, 0.2) is 52.9 Å². The van der Waals surface area contributed by atoms with Gasteiger partial charge in [0.2, 0.25) is 10.0 Å². The van der Waals surface area contributed by atoms with Gasteiger partial charge in [0.1, 0.15) is 23.8 Å². The summed E-state index contributed by atoms with van der Waals surface area (Å²) < 4.78 is 38.3. The fourth-order valence-electron chi connectivity index (χ4n) is 3.46. The molecule has 1 fully saturated rings. The minimum Gasteiger partial charge on any atom is -0.493 e. The average Bonchev–Trinajstić information content (AvgIpc) is 2.83. The van der Waals surface area contributed by atoms with Gasteiger partial charge >= 0.3 is 5.97 Å². The summed E-state index contributed by atoms with van der Waals surface area (Å²) in [5, 5.41) is 18.2. The van der Waals surface area contributed by atoms with E-state index in [9.17, 15) is 13.2 Å². The minimum atomic E-state index is -3.93. The highest BCUT2D eigenvalue weighted by Crippen LogP contribution is 2.32. The van der Waals surface area contributed by atoms with Crippen LogP contribution in [0.4, 0.5) is 0 Å². The van der Waals surface area contributed by atoms with E-state index in [0.29, 0.717) is 29.8 Å². The highest BCUT2D eigenvalue weighted by molar-refractivity contribution is 7.89. The molecule has 0 amide bonds. The number of sulfonamides is 1. The number of carbonyl (C=O) groups excluding carboxylic acids is 1. The molecule has 10 heteroatoms. The SMILES string of the molecule is COc1cc(C=C(C#N)C#N)ccc1OC(=O)C1CCCCN1S(=O)(=O)c1ccc(Cl)cc1. The number of hydrogen-bond donors (Lipinski definition) is 0. The quantitative estimate of drug-likeness (QED) is 0.345. The van der Waals surface area contributed by atoms with E-state index in [1.807, 2.05) is 0 Å². The van der Waals surface area contributed by atoms with Gasteiger partial charge in [-0.25, -0.2) is 13.2 Å². The molecule has 0 saturated carbocycles. The van der Waals surface area contributed by atoms with Crippen molar-refractivity contribution in [2.75, 3.05) is 13.7 Å². The summed E-state index contributed by atoms with van der Waals surface area (Å²) in [5.41, 5.74) is 0.418. The molecule has 170 valence electrons. The zero-order chi connectivity index (χ0) is 24.0. The van der Waals surface area contributed by atoms with Gasteiger partial charge < -0.3 is 9.47 Å². The predicted octanol–water partition coefficient (Wildman–Crippen LogP) is 3.93. The Bertz CT molecular complexity index is 1240. The largest absolute Gasteiger partial charge is 0.493 e. The van der Waals surface area contributed by atoms with Gasteiger partial charge in [0.25, 0.3) is 0 Å². The van der Waals surface area contributed by atoms with Crippen molar-refractivity contribution in [1.29, 1.82) is 10.5 Å². The molecule has 0 bridgehead atoms. The molecule has 1 saturated heterocycles.